The van der Waals surface area contributed by atoms with Crippen molar-refractivity contribution in [1.82, 2.24) is 19.7 Å². The van der Waals surface area contributed by atoms with Gasteiger partial charge < -0.3 is 4.90 Å². The fourth-order valence-electron chi connectivity index (χ4n) is 3.20. The summed E-state index contributed by atoms with van der Waals surface area (Å²) in [5.74, 6) is 0.646. The van der Waals surface area contributed by atoms with Gasteiger partial charge in [0.05, 0.1) is 11.1 Å². The summed E-state index contributed by atoms with van der Waals surface area (Å²) in [6, 6.07) is 4.05. The van der Waals surface area contributed by atoms with E-state index in [-0.39, 0.29) is 5.91 Å². The first-order chi connectivity index (χ1) is 12.2. The molecule has 0 atom stereocenters. The number of carbonyl (C=O) groups excluding carboxylic acids is 1. The first kappa shape index (κ1) is 16.5. The van der Waals surface area contributed by atoms with Crippen LogP contribution in [-0.2, 0) is 6.54 Å². The average Bonchev–Trinajstić information content (AvgIpc) is 3.36. The van der Waals surface area contributed by atoms with E-state index in [0.29, 0.717) is 11.6 Å². The van der Waals surface area contributed by atoms with Gasteiger partial charge in [0.25, 0.3) is 5.91 Å². The summed E-state index contributed by atoms with van der Waals surface area (Å²) in [6.07, 6.45) is 6.02. The molecule has 7 heteroatoms. The van der Waals surface area contributed by atoms with Crippen molar-refractivity contribution in [3.63, 3.8) is 0 Å². The number of likely N-dealkylation sites (tertiary alicyclic amines) is 1. The summed E-state index contributed by atoms with van der Waals surface area (Å²) in [6.45, 7) is 4.60. The quantitative estimate of drug-likeness (QED) is 0.697. The second-order valence-corrected chi connectivity index (χ2v) is 8.30. The van der Waals surface area contributed by atoms with Gasteiger partial charge in [-0.05, 0) is 42.7 Å². The number of thiophene rings is 1. The Labute approximate surface area is 154 Å². The van der Waals surface area contributed by atoms with Gasteiger partial charge in [-0.15, -0.1) is 22.7 Å². The molecule has 0 radical (unpaired) electrons. The zero-order valence-electron chi connectivity index (χ0n) is 14.1. The molecule has 0 unspecified atom stereocenters. The van der Waals surface area contributed by atoms with Gasteiger partial charge >= 0.3 is 0 Å². The van der Waals surface area contributed by atoms with E-state index in [1.54, 1.807) is 22.7 Å². The first-order valence-corrected chi connectivity index (χ1v) is 10.2. The number of rotatable bonds is 4. The van der Waals surface area contributed by atoms with Crippen LogP contribution in [0.4, 0.5) is 0 Å². The lowest BCUT2D eigenvalue weighted by Crippen LogP contribution is -2.39. The van der Waals surface area contributed by atoms with Crippen LogP contribution in [0, 0.1) is 12.8 Å². The maximum atomic E-state index is 12.7. The van der Waals surface area contributed by atoms with Gasteiger partial charge in [0.15, 0.2) is 0 Å². The Hall–Kier alpha value is -1.99. The summed E-state index contributed by atoms with van der Waals surface area (Å²) in [4.78, 5) is 20.3. The Balaban J connectivity index is 1.35. The Morgan fingerprint density at radius 2 is 2.16 bits per heavy atom. The molecule has 1 saturated heterocycles. The normalized spacial score (nSPS) is 15.6. The number of amides is 1. The molecule has 0 saturated carbocycles. The average molecular weight is 373 g/mol. The topological polar surface area (TPSA) is 51.0 Å². The Morgan fingerprint density at radius 1 is 1.32 bits per heavy atom. The number of piperidine rings is 1. The van der Waals surface area contributed by atoms with Crippen molar-refractivity contribution in [3.05, 3.63) is 46.5 Å². The highest BCUT2D eigenvalue weighted by Crippen LogP contribution is 2.29. The number of carbonyl (C=O) groups is 1. The molecule has 0 N–H and O–H groups in total. The molecule has 3 aromatic rings. The molecule has 130 valence electrons. The van der Waals surface area contributed by atoms with Crippen molar-refractivity contribution in [2.45, 2.75) is 26.3 Å². The largest absolute Gasteiger partial charge is 0.337 e. The maximum Gasteiger partial charge on any atom is 0.273 e. The molecule has 1 aliphatic rings. The predicted octanol–water partition coefficient (Wildman–Crippen LogP) is 3.93. The zero-order chi connectivity index (χ0) is 17.2. The van der Waals surface area contributed by atoms with Gasteiger partial charge in [-0.25, -0.2) is 4.98 Å². The van der Waals surface area contributed by atoms with Gasteiger partial charge in [-0.3, -0.25) is 9.48 Å². The van der Waals surface area contributed by atoms with Crippen LogP contribution in [0.5, 0.6) is 0 Å². The van der Waals surface area contributed by atoms with Crippen LogP contribution >= 0.6 is 22.7 Å². The van der Waals surface area contributed by atoms with E-state index in [0.717, 1.165) is 42.4 Å². The maximum absolute atomic E-state index is 12.7. The van der Waals surface area contributed by atoms with Crippen LogP contribution < -0.4 is 0 Å². The van der Waals surface area contributed by atoms with Crippen LogP contribution in [0.15, 0.2) is 35.3 Å². The minimum Gasteiger partial charge on any atom is -0.337 e. The first-order valence-electron chi connectivity index (χ1n) is 8.47. The smallest absolute Gasteiger partial charge is 0.273 e. The molecule has 0 spiro atoms. The summed E-state index contributed by atoms with van der Waals surface area (Å²) in [5, 5.41) is 9.22. The van der Waals surface area contributed by atoms with Crippen molar-refractivity contribution in [2.75, 3.05) is 13.1 Å². The third kappa shape index (κ3) is 3.67. The zero-order valence-corrected chi connectivity index (χ0v) is 15.7. The van der Waals surface area contributed by atoms with Crippen molar-refractivity contribution in [2.24, 2.45) is 5.92 Å². The summed E-state index contributed by atoms with van der Waals surface area (Å²) in [7, 11) is 0. The molecule has 25 heavy (non-hydrogen) atoms. The standard InChI is InChI=1S/C18H20N4OS2/c1-13-9-19-22(10-13)11-14-4-6-21(7-5-14)18(23)15-12-25-17(20-15)16-3-2-8-24-16/h2-3,8-10,12,14H,4-7,11H2,1H3. The Bertz CT molecular complexity index is 844. The van der Waals surface area contributed by atoms with E-state index in [1.807, 2.05) is 38.7 Å². The lowest BCUT2D eigenvalue weighted by atomic mass is 9.96. The molecule has 3 aromatic heterocycles. The molecule has 1 fully saturated rings. The highest BCUT2D eigenvalue weighted by Gasteiger charge is 2.25. The molecule has 4 heterocycles. The highest BCUT2D eigenvalue weighted by atomic mass is 32.1. The molecule has 1 aliphatic heterocycles. The Morgan fingerprint density at radius 3 is 2.84 bits per heavy atom. The van der Waals surface area contributed by atoms with Gasteiger partial charge in [-0.1, -0.05) is 6.07 Å². The fraction of sp³-hybridized carbons (Fsp3) is 0.389. The van der Waals surface area contributed by atoms with Gasteiger partial charge in [0, 0.05) is 31.2 Å². The number of aromatic nitrogens is 3. The van der Waals surface area contributed by atoms with E-state index >= 15 is 0 Å². The van der Waals surface area contributed by atoms with E-state index in [2.05, 4.69) is 23.2 Å². The van der Waals surface area contributed by atoms with Crippen LogP contribution in [0.25, 0.3) is 9.88 Å². The van der Waals surface area contributed by atoms with Crippen molar-refractivity contribution in [1.29, 1.82) is 0 Å². The molecule has 0 bridgehead atoms. The minimum atomic E-state index is 0.0624. The van der Waals surface area contributed by atoms with E-state index in [4.69, 9.17) is 0 Å². The van der Waals surface area contributed by atoms with Gasteiger partial charge in [0.1, 0.15) is 10.7 Å². The molecule has 0 aromatic carbocycles. The lowest BCUT2D eigenvalue weighted by Gasteiger charge is -2.31. The second kappa shape index (κ2) is 7.09. The fourth-order valence-corrected chi connectivity index (χ4v) is 4.81. The second-order valence-electron chi connectivity index (χ2n) is 6.49. The summed E-state index contributed by atoms with van der Waals surface area (Å²) < 4.78 is 2.02. The van der Waals surface area contributed by atoms with E-state index in [1.165, 1.54) is 5.56 Å². The number of thiazole rings is 1. The number of hydrogen-bond donors (Lipinski definition) is 0. The number of hydrogen-bond acceptors (Lipinski definition) is 5. The van der Waals surface area contributed by atoms with Crippen LogP contribution in [0.1, 0.15) is 28.9 Å². The van der Waals surface area contributed by atoms with E-state index in [9.17, 15) is 4.79 Å². The highest BCUT2D eigenvalue weighted by molar-refractivity contribution is 7.20. The van der Waals surface area contributed by atoms with E-state index < -0.39 is 0 Å². The molecular formula is C18H20N4OS2. The molecule has 4 rings (SSSR count). The third-order valence-corrected chi connectivity index (χ3v) is 6.45. The van der Waals surface area contributed by atoms with Crippen molar-refractivity contribution < 1.29 is 4.79 Å². The Kier molecular flexibility index (Phi) is 4.67. The molecule has 5 nitrogen and oxygen atoms in total. The van der Waals surface area contributed by atoms with Crippen molar-refractivity contribution >= 4 is 28.6 Å². The minimum absolute atomic E-state index is 0.0624. The predicted molar refractivity (Wildman–Crippen MR) is 101 cm³/mol. The monoisotopic (exact) mass is 372 g/mol. The van der Waals surface area contributed by atoms with Crippen LogP contribution in [0.3, 0.4) is 0 Å². The summed E-state index contributed by atoms with van der Waals surface area (Å²) in [5.41, 5.74) is 1.77. The number of aryl methyl sites for hydroxylation is 1. The van der Waals surface area contributed by atoms with Crippen LogP contribution in [0.2, 0.25) is 0 Å². The van der Waals surface area contributed by atoms with Gasteiger partial charge in [-0.2, -0.15) is 5.10 Å². The number of nitrogens with zero attached hydrogens (tertiary/aromatic N) is 4. The molecular weight excluding hydrogens is 352 g/mol. The third-order valence-electron chi connectivity index (χ3n) is 4.56. The van der Waals surface area contributed by atoms with Crippen LogP contribution in [-0.4, -0.2) is 38.7 Å². The lowest BCUT2D eigenvalue weighted by molar-refractivity contribution is 0.0676. The SMILES string of the molecule is Cc1cnn(CC2CCN(C(=O)c3csc(-c4cccs4)n3)CC2)c1. The van der Waals surface area contributed by atoms with Crippen molar-refractivity contribution in [3.8, 4) is 9.88 Å². The van der Waals surface area contributed by atoms with Gasteiger partial charge in [0.2, 0.25) is 0 Å². The molecule has 0 aliphatic carbocycles. The molecule has 1 amide bonds. The summed E-state index contributed by atoms with van der Waals surface area (Å²) >= 11 is 3.20.